The van der Waals surface area contributed by atoms with E-state index >= 15 is 0 Å². The lowest BCUT2D eigenvalue weighted by Gasteiger charge is -2.35. The Balaban J connectivity index is 2.27. The quantitative estimate of drug-likeness (QED) is 0.850. The van der Waals surface area contributed by atoms with Gasteiger partial charge in [0.15, 0.2) is 0 Å². The van der Waals surface area contributed by atoms with E-state index in [0.29, 0.717) is 0 Å². The van der Waals surface area contributed by atoms with Crippen LogP contribution in [0.4, 0.5) is 0 Å². The molecular formula is C12H18N2OS. The molecule has 0 spiro atoms. The summed E-state index contributed by atoms with van der Waals surface area (Å²) in [4.78, 5) is 15.1. The summed E-state index contributed by atoms with van der Waals surface area (Å²) in [6.45, 7) is 4.02. The van der Waals surface area contributed by atoms with Crippen molar-refractivity contribution < 1.29 is 4.79 Å². The molecule has 1 saturated heterocycles. The topological polar surface area (TPSA) is 46.3 Å². The fraction of sp³-hybridized carbons (Fsp3) is 0.583. The van der Waals surface area contributed by atoms with Gasteiger partial charge in [-0.3, -0.25) is 4.79 Å². The van der Waals surface area contributed by atoms with Crippen LogP contribution in [0.2, 0.25) is 0 Å². The lowest BCUT2D eigenvalue weighted by atomic mass is 9.83. The third-order valence-electron chi connectivity index (χ3n) is 3.42. The summed E-state index contributed by atoms with van der Waals surface area (Å²) in [5.41, 5.74) is 6.79. The van der Waals surface area contributed by atoms with Gasteiger partial charge in [-0.25, -0.2) is 0 Å². The molecule has 0 bridgehead atoms. The number of nitrogens with zero attached hydrogens (tertiary/aromatic N) is 1. The Morgan fingerprint density at radius 3 is 2.94 bits per heavy atom. The molecule has 3 nitrogen and oxygen atoms in total. The summed E-state index contributed by atoms with van der Waals surface area (Å²) < 4.78 is 0. The number of carbonyl (C=O) groups excluding carboxylic acids is 1. The van der Waals surface area contributed by atoms with Crippen molar-refractivity contribution in [2.45, 2.75) is 19.3 Å². The van der Waals surface area contributed by atoms with E-state index in [1.54, 1.807) is 11.3 Å². The molecule has 1 aromatic heterocycles. The minimum absolute atomic E-state index is 0.00792. The number of primary amides is 1. The third-order valence-corrected chi connectivity index (χ3v) is 4.57. The van der Waals surface area contributed by atoms with Crippen LogP contribution < -0.4 is 5.73 Å². The fourth-order valence-corrected chi connectivity index (χ4v) is 3.57. The van der Waals surface area contributed by atoms with Crippen LogP contribution >= 0.6 is 11.3 Å². The van der Waals surface area contributed by atoms with Crippen LogP contribution in [-0.2, 0) is 4.79 Å². The minimum Gasteiger partial charge on any atom is -0.369 e. The molecule has 0 saturated carbocycles. The van der Waals surface area contributed by atoms with E-state index in [0.717, 1.165) is 19.5 Å². The van der Waals surface area contributed by atoms with Crippen molar-refractivity contribution in [1.29, 1.82) is 0 Å². The largest absolute Gasteiger partial charge is 0.369 e. The van der Waals surface area contributed by atoms with Crippen molar-refractivity contribution in [3.63, 3.8) is 0 Å². The minimum atomic E-state index is -0.147. The van der Waals surface area contributed by atoms with E-state index in [-0.39, 0.29) is 17.7 Å². The normalized spacial score (nSPS) is 26.9. The van der Waals surface area contributed by atoms with Crippen molar-refractivity contribution in [3.8, 4) is 0 Å². The van der Waals surface area contributed by atoms with Crippen LogP contribution in [-0.4, -0.2) is 30.9 Å². The van der Waals surface area contributed by atoms with Crippen LogP contribution in [0.15, 0.2) is 11.4 Å². The van der Waals surface area contributed by atoms with Gasteiger partial charge in [0, 0.05) is 23.3 Å². The number of rotatable bonds is 2. The van der Waals surface area contributed by atoms with Gasteiger partial charge < -0.3 is 10.6 Å². The summed E-state index contributed by atoms with van der Waals surface area (Å²) >= 11 is 1.74. The Labute approximate surface area is 100 Å². The van der Waals surface area contributed by atoms with Gasteiger partial charge in [-0.15, -0.1) is 11.3 Å². The number of hydrogen-bond donors (Lipinski definition) is 1. The van der Waals surface area contributed by atoms with Crippen LogP contribution in [0.1, 0.15) is 22.8 Å². The predicted molar refractivity (Wildman–Crippen MR) is 66.6 cm³/mol. The number of aryl methyl sites for hydroxylation is 1. The monoisotopic (exact) mass is 238 g/mol. The molecule has 2 unspecified atom stereocenters. The number of likely N-dealkylation sites (N-methyl/N-ethyl adjacent to an activating group) is 1. The molecule has 1 aliphatic heterocycles. The third kappa shape index (κ3) is 2.13. The number of hydrogen-bond acceptors (Lipinski definition) is 3. The van der Waals surface area contributed by atoms with Crippen molar-refractivity contribution in [3.05, 3.63) is 21.9 Å². The first kappa shape index (κ1) is 11.6. The zero-order chi connectivity index (χ0) is 11.7. The van der Waals surface area contributed by atoms with E-state index < -0.39 is 0 Å². The highest BCUT2D eigenvalue weighted by molar-refractivity contribution is 7.10. The number of likely N-dealkylation sites (tertiary alicyclic amines) is 1. The van der Waals surface area contributed by atoms with Crippen molar-refractivity contribution in [2.75, 3.05) is 20.1 Å². The molecule has 2 rings (SSSR count). The molecule has 0 aliphatic carbocycles. The molecule has 16 heavy (non-hydrogen) atoms. The van der Waals surface area contributed by atoms with E-state index in [1.165, 1.54) is 10.4 Å². The van der Waals surface area contributed by atoms with Gasteiger partial charge in [0.25, 0.3) is 0 Å². The molecule has 2 N–H and O–H groups in total. The SMILES string of the molecule is Cc1ccsc1C1CN(C)CCC1C(N)=O. The first-order chi connectivity index (χ1) is 7.59. The summed E-state index contributed by atoms with van der Waals surface area (Å²) in [7, 11) is 2.10. The van der Waals surface area contributed by atoms with E-state index in [2.05, 4.69) is 30.3 Å². The standard InChI is InChI=1S/C12H18N2OS/c1-8-4-6-16-11(8)10-7-14(2)5-3-9(10)12(13)15/h4,6,9-10H,3,5,7H2,1-2H3,(H2,13,15). The van der Waals surface area contributed by atoms with Crippen LogP contribution in [0.3, 0.4) is 0 Å². The average Bonchev–Trinajstić information content (AvgIpc) is 2.63. The molecule has 0 radical (unpaired) electrons. The highest BCUT2D eigenvalue weighted by Gasteiger charge is 2.33. The Hall–Kier alpha value is -0.870. The average molecular weight is 238 g/mol. The Morgan fingerprint density at radius 1 is 1.62 bits per heavy atom. The molecule has 1 aromatic rings. The van der Waals surface area contributed by atoms with Gasteiger partial charge in [-0.1, -0.05) is 0 Å². The van der Waals surface area contributed by atoms with Crippen LogP contribution in [0, 0.1) is 12.8 Å². The first-order valence-electron chi connectivity index (χ1n) is 5.61. The first-order valence-corrected chi connectivity index (χ1v) is 6.49. The number of nitrogens with two attached hydrogens (primary N) is 1. The number of thiophene rings is 1. The number of piperidine rings is 1. The second kappa shape index (κ2) is 4.55. The second-order valence-corrected chi connectivity index (χ2v) is 5.58. The molecule has 0 aromatic carbocycles. The molecule has 1 fully saturated rings. The van der Waals surface area contributed by atoms with Gasteiger partial charge in [0.1, 0.15) is 0 Å². The summed E-state index contributed by atoms with van der Waals surface area (Å²) in [6.07, 6.45) is 0.883. The Morgan fingerprint density at radius 2 is 2.38 bits per heavy atom. The molecule has 88 valence electrons. The molecule has 4 heteroatoms. The van der Waals surface area contributed by atoms with Gasteiger partial charge in [-0.2, -0.15) is 0 Å². The van der Waals surface area contributed by atoms with Gasteiger partial charge in [0.05, 0.1) is 0 Å². The van der Waals surface area contributed by atoms with Crippen LogP contribution in [0.5, 0.6) is 0 Å². The van der Waals surface area contributed by atoms with Gasteiger partial charge in [0.2, 0.25) is 5.91 Å². The lowest BCUT2D eigenvalue weighted by molar-refractivity contribution is -0.123. The maximum absolute atomic E-state index is 11.5. The fourth-order valence-electron chi connectivity index (χ4n) is 2.49. The highest BCUT2D eigenvalue weighted by Crippen LogP contribution is 2.36. The van der Waals surface area contributed by atoms with Crippen molar-refractivity contribution in [2.24, 2.45) is 11.7 Å². The van der Waals surface area contributed by atoms with Gasteiger partial charge in [-0.05, 0) is 43.9 Å². The maximum Gasteiger partial charge on any atom is 0.221 e. The summed E-state index contributed by atoms with van der Waals surface area (Å²) in [6, 6.07) is 2.12. The predicted octanol–water partition coefficient (Wildman–Crippen LogP) is 1.58. The highest BCUT2D eigenvalue weighted by atomic mass is 32.1. The van der Waals surface area contributed by atoms with Crippen molar-refractivity contribution >= 4 is 17.2 Å². The van der Waals surface area contributed by atoms with Crippen molar-refractivity contribution in [1.82, 2.24) is 4.90 Å². The molecule has 2 heterocycles. The molecule has 2 atom stereocenters. The van der Waals surface area contributed by atoms with Gasteiger partial charge >= 0.3 is 0 Å². The maximum atomic E-state index is 11.5. The number of amides is 1. The zero-order valence-corrected chi connectivity index (χ0v) is 10.6. The Kier molecular flexibility index (Phi) is 3.30. The smallest absolute Gasteiger partial charge is 0.221 e. The summed E-state index contributed by atoms with van der Waals surface area (Å²) in [5.74, 6) is 0.149. The molecule has 1 amide bonds. The second-order valence-electron chi connectivity index (χ2n) is 4.63. The van der Waals surface area contributed by atoms with Crippen LogP contribution in [0.25, 0.3) is 0 Å². The Bertz CT molecular complexity index is 388. The zero-order valence-electron chi connectivity index (χ0n) is 9.77. The number of carbonyl (C=O) groups is 1. The molecule has 1 aliphatic rings. The van der Waals surface area contributed by atoms with E-state index in [9.17, 15) is 4.79 Å². The van der Waals surface area contributed by atoms with E-state index in [4.69, 9.17) is 5.73 Å². The molecular weight excluding hydrogens is 220 g/mol. The summed E-state index contributed by atoms with van der Waals surface area (Å²) in [5, 5.41) is 2.09. The van der Waals surface area contributed by atoms with E-state index in [1.807, 2.05) is 0 Å². The lowest BCUT2D eigenvalue weighted by Crippen LogP contribution is -2.42.